The Morgan fingerprint density at radius 3 is 2.60 bits per heavy atom. The number of fused-ring (bicyclic) bond motifs is 3. The summed E-state index contributed by atoms with van der Waals surface area (Å²) >= 11 is 5.98. The molecular weight excluding hydrogens is 332 g/mol. The number of carbonyl (C=O) groups excluding carboxylic acids is 1. The van der Waals surface area contributed by atoms with Crippen LogP contribution in [0.5, 0.6) is 0 Å². The van der Waals surface area contributed by atoms with Gasteiger partial charge >= 0.3 is 0 Å². The third-order valence-electron chi connectivity index (χ3n) is 5.51. The van der Waals surface area contributed by atoms with E-state index in [2.05, 4.69) is 61.3 Å². The third kappa shape index (κ3) is 2.30. The predicted molar refractivity (Wildman–Crippen MR) is 103 cm³/mol. The summed E-state index contributed by atoms with van der Waals surface area (Å²) in [6.45, 7) is 6.88. The van der Waals surface area contributed by atoms with Crippen molar-refractivity contribution in [2.45, 2.75) is 31.8 Å². The molecule has 0 bridgehead atoms. The van der Waals surface area contributed by atoms with Crippen molar-refractivity contribution in [2.24, 2.45) is 0 Å². The van der Waals surface area contributed by atoms with Gasteiger partial charge in [-0.15, -0.1) is 0 Å². The van der Waals surface area contributed by atoms with Crippen molar-refractivity contribution in [3.8, 4) is 0 Å². The van der Waals surface area contributed by atoms with Crippen molar-refractivity contribution in [1.29, 1.82) is 0 Å². The predicted octanol–water partition coefficient (Wildman–Crippen LogP) is 4.29. The topological polar surface area (TPSA) is 32.3 Å². The smallest absolute Gasteiger partial charge is 0.241 e. The molecule has 2 aliphatic heterocycles. The van der Waals surface area contributed by atoms with Crippen molar-refractivity contribution < 1.29 is 4.79 Å². The monoisotopic (exact) mass is 352 g/mol. The Kier molecular flexibility index (Phi) is 3.48. The molecule has 1 N–H and O–H groups in total. The average Bonchev–Trinajstić information content (AvgIpc) is 2.99. The number of nitrogens with zero attached hydrogens (tertiary/aromatic N) is 1. The SMILES string of the molecule is Cc1ccc2c(c1)C(C)(C)C1(C=Cc3ccc(Cl)cc3)NC(=O)CN21. The van der Waals surface area contributed by atoms with E-state index in [1.165, 1.54) is 11.1 Å². The molecular formula is C21H21ClN2O. The maximum absolute atomic E-state index is 12.3. The summed E-state index contributed by atoms with van der Waals surface area (Å²) in [5.74, 6) is 0.0556. The molecule has 128 valence electrons. The Morgan fingerprint density at radius 1 is 1.16 bits per heavy atom. The number of aryl methyl sites for hydroxylation is 1. The van der Waals surface area contributed by atoms with Gasteiger partial charge in [-0.3, -0.25) is 4.79 Å². The van der Waals surface area contributed by atoms with Gasteiger partial charge in [0.2, 0.25) is 5.91 Å². The Bertz CT molecular complexity index is 885. The van der Waals surface area contributed by atoms with E-state index >= 15 is 0 Å². The van der Waals surface area contributed by atoms with E-state index in [1.807, 2.05) is 24.3 Å². The molecule has 1 amide bonds. The second-order valence-corrected chi connectivity index (χ2v) is 7.87. The standard InChI is InChI=1S/C21H21ClN2O/c1-14-4-9-18-17(12-14)20(2,3)21(23-19(25)13-24(18)21)11-10-15-5-7-16(22)8-6-15/h4-12H,13H2,1-3H3,(H,23,25). The number of hydrogen-bond acceptors (Lipinski definition) is 2. The van der Waals surface area contributed by atoms with Crippen LogP contribution in [0.2, 0.25) is 5.02 Å². The first-order chi connectivity index (χ1) is 11.8. The lowest BCUT2D eigenvalue weighted by molar-refractivity contribution is -0.118. The number of amides is 1. The zero-order valence-electron chi connectivity index (χ0n) is 14.6. The van der Waals surface area contributed by atoms with Gasteiger partial charge in [-0.05, 0) is 42.3 Å². The van der Waals surface area contributed by atoms with Gasteiger partial charge in [-0.25, -0.2) is 0 Å². The summed E-state index contributed by atoms with van der Waals surface area (Å²) < 4.78 is 0. The number of anilines is 1. The van der Waals surface area contributed by atoms with E-state index < -0.39 is 5.66 Å². The van der Waals surface area contributed by atoms with Crippen LogP contribution in [0.15, 0.2) is 48.5 Å². The highest BCUT2D eigenvalue weighted by molar-refractivity contribution is 6.30. The number of hydrogen-bond donors (Lipinski definition) is 1. The number of carbonyl (C=O) groups is 1. The van der Waals surface area contributed by atoms with Crippen LogP contribution in [0.4, 0.5) is 5.69 Å². The first-order valence-electron chi connectivity index (χ1n) is 8.48. The molecule has 0 saturated carbocycles. The summed E-state index contributed by atoms with van der Waals surface area (Å²) in [7, 11) is 0. The Balaban J connectivity index is 1.83. The second-order valence-electron chi connectivity index (χ2n) is 7.43. The molecule has 4 heteroatoms. The van der Waals surface area contributed by atoms with Crippen LogP contribution in [0.25, 0.3) is 6.08 Å². The summed E-state index contributed by atoms with van der Waals surface area (Å²) in [6.07, 6.45) is 4.19. The largest absolute Gasteiger partial charge is 0.335 e. The van der Waals surface area contributed by atoms with E-state index in [4.69, 9.17) is 11.6 Å². The zero-order valence-corrected chi connectivity index (χ0v) is 15.4. The zero-order chi connectivity index (χ0) is 17.8. The molecule has 4 rings (SSSR count). The molecule has 1 fully saturated rings. The average molecular weight is 353 g/mol. The van der Waals surface area contributed by atoms with E-state index in [0.717, 1.165) is 16.3 Å². The first kappa shape index (κ1) is 16.2. The lowest BCUT2D eigenvalue weighted by atomic mass is 9.75. The van der Waals surface area contributed by atoms with Gasteiger partial charge in [0.15, 0.2) is 0 Å². The summed E-state index contributed by atoms with van der Waals surface area (Å²) in [6, 6.07) is 14.2. The van der Waals surface area contributed by atoms with Gasteiger partial charge in [0.1, 0.15) is 5.66 Å². The summed E-state index contributed by atoms with van der Waals surface area (Å²) in [5, 5.41) is 3.96. The molecule has 25 heavy (non-hydrogen) atoms. The molecule has 3 nitrogen and oxygen atoms in total. The molecule has 2 heterocycles. The van der Waals surface area contributed by atoms with Gasteiger partial charge in [-0.1, -0.05) is 61.4 Å². The first-order valence-corrected chi connectivity index (χ1v) is 8.86. The second kappa shape index (κ2) is 5.37. The lowest BCUT2D eigenvalue weighted by Gasteiger charge is -2.40. The molecule has 2 aromatic rings. The van der Waals surface area contributed by atoms with E-state index in [-0.39, 0.29) is 11.3 Å². The molecule has 1 unspecified atom stereocenters. The van der Waals surface area contributed by atoms with Crippen molar-refractivity contribution >= 4 is 29.3 Å². The minimum Gasteiger partial charge on any atom is -0.335 e. The van der Waals surface area contributed by atoms with Gasteiger partial charge in [-0.2, -0.15) is 0 Å². The molecule has 0 radical (unpaired) electrons. The van der Waals surface area contributed by atoms with Gasteiger partial charge in [0, 0.05) is 16.1 Å². The maximum Gasteiger partial charge on any atom is 0.241 e. The maximum atomic E-state index is 12.3. The van der Waals surface area contributed by atoms with Crippen LogP contribution >= 0.6 is 11.6 Å². The van der Waals surface area contributed by atoms with E-state index in [0.29, 0.717) is 6.54 Å². The molecule has 1 atom stereocenters. The van der Waals surface area contributed by atoms with Crippen LogP contribution in [0.3, 0.4) is 0 Å². The Hall–Kier alpha value is -2.26. The molecule has 2 aliphatic rings. The highest BCUT2D eigenvalue weighted by Gasteiger charge is 2.59. The minimum absolute atomic E-state index is 0.0556. The van der Waals surface area contributed by atoms with Crippen LogP contribution in [0.1, 0.15) is 30.5 Å². The van der Waals surface area contributed by atoms with Crippen molar-refractivity contribution in [1.82, 2.24) is 5.32 Å². The molecule has 0 aliphatic carbocycles. The fourth-order valence-electron chi connectivity index (χ4n) is 4.08. The van der Waals surface area contributed by atoms with Crippen LogP contribution in [0, 0.1) is 6.92 Å². The lowest BCUT2D eigenvalue weighted by Crippen LogP contribution is -2.58. The highest BCUT2D eigenvalue weighted by atomic mass is 35.5. The van der Waals surface area contributed by atoms with Crippen LogP contribution < -0.4 is 10.2 Å². The Labute approximate surface area is 153 Å². The molecule has 1 saturated heterocycles. The fraction of sp³-hybridized carbons (Fsp3) is 0.286. The van der Waals surface area contributed by atoms with E-state index in [1.54, 1.807) is 0 Å². The quantitative estimate of drug-likeness (QED) is 0.874. The van der Waals surface area contributed by atoms with Crippen molar-refractivity contribution in [3.63, 3.8) is 0 Å². The molecule has 2 aromatic carbocycles. The highest BCUT2D eigenvalue weighted by Crippen LogP contribution is 2.53. The number of benzene rings is 2. The molecule has 0 spiro atoms. The normalized spacial score (nSPS) is 23.7. The van der Waals surface area contributed by atoms with E-state index in [9.17, 15) is 4.79 Å². The van der Waals surface area contributed by atoms with Gasteiger partial charge < -0.3 is 10.2 Å². The number of halogens is 1. The number of rotatable bonds is 2. The number of nitrogens with one attached hydrogen (secondary N) is 1. The van der Waals surface area contributed by atoms with Gasteiger partial charge in [0.05, 0.1) is 6.54 Å². The van der Waals surface area contributed by atoms with Crippen molar-refractivity contribution in [2.75, 3.05) is 11.4 Å². The van der Waals surface area contributed by atoms with Crippen molar-refractivity contribution in [3.05, 3.63) is 70.3 Å². The minimum atomic E-state index is -0.556. The van der Waals surface area contributed by atoms with Crippen LogP contribution in [-0.2, 0) is 10.2 Å². The molecule has 0 aromatic heterocycles. The summed E-state index contributed by atoms with van der Waals surface area (Å²) in [5.41, 5.74) is 3.89. The summed E-state index contributed by atoms with van der Waals surface area (Å²) in [4.78, 5) is 14.5. The fourth-order valence-corrected chi connectivity index (χ4v) is 4.20. The third-order valence-corrected chi connectivity index (χ3v) is 5.77. The van der Waals surface area contributed by atoms with Gasteiger partial charge in [0.25, 0.3) is 0 Å². The Morgan fingerprint density at radius 2 is 1.88 bits per heavy atom. The van der Waals surface area contributed by atoms with Crippen LogP contribution in [-0.4, -0.2) is 18.1 Å².